The Morgan fingerprint density at radius 1 is 0.606 bits per heavy atom. The maximum Gasteiger partial charge on any atom is 0.488 e. The molecule has 0 saturated heterocycles. The normalized spacial score (nSPS) is 12.1. The number of fused-ring (bicyclic) bond motifs is 3. The van der Waals surface area contributed by atoms with Crippen LogP contribution in [-0.4, -0.2) is 21.7 Å². The average Bonchev–Trinajstić information content (AvgIpc) is 3.16. The smallest absolute Gasteiger partial charge is 0.423 e. The van der Waals surface area contributed by atoms with Crippen LogP contribution in [-0.2, 0) is 0 Å². The molecule has 0 aliphatic carbocycles. The number of rotatable bonds is 2. The summed E-state index contributed by atoms with van der Waals surface area (Å²) in [5.74, 6) is -0.208. The van der Waals surface area contributed by atoms with Gasteiger partial charge in [0, 0.05) is 26.9 Å². The first kappa shape index (κ1) is 18.6. The van der Waals surface area contributed by atoms with Crippen molar-refractivity contribution in [3.63, 3.8) is 0 Å². The molecule has 0 bridgehead atoms. The van der Waals surface area contributed by atoms with Crippen LogP contribution in [0.4, 0.5) is 4.39 Å². The number of para-hydroxylation sites is 1. The van der Waals surface area contributed by atoms with E-state index in [0.29, 0.717) is 10.8 Å². The molecule has 0 unspecified atom stereocenters. The van der Waals surface area contributed by atoms with E-state index in [4.69, 9.17) is 0 Å². The second kappa shape index (κ2) is 6.55. The summed E-state index contributed by atoms with van der Waals surface area (Å²) in [6.45, 7) is 0. The molecule has 6 aromatic carbocycles. The monoisotopic (exact) mass is 429 g/mol. The summed E-state index contributed by atoms with van der Waals surface area (Å²) in [5.41, 5.74) is 3.46. The van der Waals surface area contributed by atoms with E-state index in [9.17, 15) is 14.4 Å². The molecule has 1 aromatic heterocycles. The van der Waals surface area contributed by atoms with E-state index in [-0.39, 0.29) is 5.82 Å². The fraction of sp³-hybridized carbons (Fsp3) is 0. The zero-order chi connectivity index (χ0) is 22.3. The zero-order valence-electron chi connectivity index (χ0n) is 17.5. The number of hydrogen-bond donors (Lipinski definition) is 2. The fourth-order valence-electron chi connectivity index (χ4n) is 5.39. The van der Waals surface area contributed by atoms with Crippen molar-refractivity contribution in [1.82, 2.24) is 4.57 Å². The van der Waals surface area contributed by atoms with Gasteiger partial charge in [-0.1, -0.05) is 66.7 Å². The summed E-state index contributed by atoms with van der Waals surface area (Å²) < 4.78 is 17.1. The number of benzene rings is 6. The van der Waals surface area contributed by atoms with Crippen molar-refractivity contribution in [2.75, 3.05) is 0 Å². The molecule has 2 N–H and O–H groups in total. The Labute approximate surface area is 188 Å². The third kappa shape index (κ3) is 2.46. The molecule has 156 valence electrons. The Morgan fingerprint density at radius 2 is 1.27 bits per heavy atom. The molecule has 7 aromatic rings. The third-order valence-electron chi connectivity index (χ3n) is 6.79. The van der Waals surface area contributed by atoms with Crippen molar-refractivity contribution in [3.8, 4) is 5.69 Å². The van der Waals surface area contributed by atoms with Crippen molar-refractivity contribution >= 4 is 66.7 Å². The van der Waals surface area contributed by atoms with Gasteiger partial charge in [0.1, 0.15) is 5.82 Å². The lowest BCUT2D eigenvalue weighted by molar-refractivity contribution is 0.426. The molecule has 0 aliphatic heterocycles. The summed E-state index contributed by atoms with van der Waals surface area (Å²) in [7, 11) is -1.53. The lowest BCUT2D eigenvalue weighted by atomic mass is 9.80. The number of nitrogens with zero attached hydrogens (tertiary/aromatic N) is 1. The van der Waals surface area contributed by atoms with Crippen LogP contribution in [0.5, 0.6) is 0 Å². The van der Waals surface area contributed by atoms with Gasteiger partial charge in [0.2, 0.25) is 0 Å². The zero-order valence-corrected chi connectivity index (χ0v) is 17.5. The fourth-order valence-corrected chi connectivity index (χ4v) is 5.39. The summed E-state index contributed by atoms with van der Waals surface area (Å²) in [5, 5.41) is 27.0. The van der Waals surface area contributed by atoms with E-state index >= 15 is 0 Å². The molecule has 33 heavy (non-hydrogen) atoms. The van der Waals surface area contributed by atoms with Crippen LogP contribution >= 0.6 is 0 Å². The molecule has 0 saturated carbocycles. The van der Waals surface area contributed by atoms with Gasteiger partial charge in [0.15, 0.2) is 0 Å². The van der Waals surface area contributed by atoms with E-state index in [1.807, 2.05) is 54.6 Å². The highest BCUT2D eigenvalue weighted by Gasteiger charge is 2.20. The van der Waals surface area contributed by atoms with Gasteiger partial charge < -0.3 is 14.6 Å². The molecular weight excluding hydrogens is 412 g/mol. The molecule has 0 radical (unpaired) electrons. The van der Waals surface area contributed by atoms with Crippen molar-refractivity contribution < 1.29 is 14.4 Å². The molecule has 1 heterocycles. The Balaban J connectivity index is 1.71. The van der Waals surface area contributed by atoms with Gasteiger partial charge in [-0.15, -0.1) is 0 Å². The number of hydrogen-bond acceptors (Lipinski definition) is 2. The molecule has 3 nitrogen and oxygen atoms in total. The van der Waals surface area contributed by atoms with Gasteiger partial charge in [0.25, 0.3) is 0 Å². The molecular formula is C28H17BFNO2. The Hall–Kier alpha value is -3.93. The van der Waals surface area contributed by atoms with Crippen LogP contribution in [0.15, 0.2) is 91.0 Å². The molecule has 0 aliphatic rings. The minimum atomic E-state index is -1.53. The Kier molecular flexibility index (Phi) is 3.69. The van der Waals surface area contributed by atoms with Gasteiger partial charge in [-0.3, -0.25) is 0 Å². The first-order valence-corrected chi connectivity index (χ1v) is 10.9. The topological polar surface area (TPSA) is 45.4 Å². The van der Waals surface area contributed by atoms with Crippen LogP contribution in [0.2, 0.25) is 0 Å². The lowest BCUT2D eigenvalue weighted by Gasteiger charge is -2.17. The first-order chi connectivity index (χ1) is 16.1. The van der Waals surface area contributed by atoms with Crippen LogP contribution in [0.1, 0.15) is 0 Å². The molecule has 0 atom stereocenters. The summed E-state index contributed by atoms with van der Waals surface area (Å²) in [4.78, 5) is 0. The second-order valence-corrected chi connectivity index (χ2v) is 8.56. The van der Waals surface area contributed by atoms with Crippen molar-refractivity contribution in [1.29, 1.82) is 0 Å². The highest BCUT2D eigenvalue weighted by Crippen LogP contribution is 2.41. The molecule has 0 fully saturated rings. The van der Waals surface area contributed by atoms with Crippen LogP contribution < -0.4 is 5.46 Å². The second-order valence-electron chi connectivity index (χ2n) is 8.56. The highest BCUT2D eigenvalue weighted by molar-refractivity contribution is 6.59. The Bertz CT molecular complexity index is 1870. The minimum Gasteiger partial charge on any atom is -0.423 e. The summed E-state index contributed by atoms with van der Waals surface area (Å²) in [6, 6.07) is 29.2. The van der Waals surface area contributed by atoms with Crippen LogP contribution in [0.3, 0.4) is 0 Å². The molecule has 7 rings (SSSR count). The average molecular weight is 429 g/mol. The molecule has 0 spiro atoms. The van der Waals surface area contributed by atoms with Gasteiger partial charge in [-0.2, -0.15) is 0 Å². The standard InChI is InChI=1S/C28H17BFNO2/c30-23-13-16-5-4-9-21-26(14-17-6-3-8-20(23)27(17)28(16)21)31-24-10-2-1-7-19(24)22-15-18(29(32)33)11-12-25(22)31/h1-15,32-33H. The van der Waals surface area contributed by atoms with Gasteiger partial charge >= 0.3 is 7.12 Å². The van der Waals surface area contributed by atoms with Crippen LogP contribution in [0, 0.1) is 5.82 Å². The van der Waals surface area contributed by atoms with E-state index in [0.717, 1.165) is 54.4 Å². The lowest BCUT2D eigenvalue weighted by Crippen LogP contribution is -2.29. The first-order valence-electron chi connectivity index (χ1n) is 10.9. The third-order valence-corrected chi connectivity index (χ3v) is 6.79. The van der Waals surface area contributed by atoms with Crippen LogP contribution in [0.25, 0.3) is 59.8 Å². The van der Waals surface area contributed by atoms with E-state index < -0.39 is 7.12 Å². The van der Waals surface area contributed by atoms with E-state index in [1.165, 1.54) is 0 Å². The molecule has 0 amide bonds. The summed E-state index contributed by atoms with van der Waals surface area (Å²) >= 11 is 0. The summed E-state index contributed by atoms with van der Waals surface area (Å²) in [6.07, 6.45) is 0. The maximum absolute atomic E-state index is 14.9. The largest absolute Gasteiger partial charge is 0.488 e. The number of aromatic nitrogens is 1. The number of halogens is 1. The highest BCUT2D eigenvalue weighted by atomic mass is 19.1. The van der Waals surface area contributed by atoms with E-state index in [1.54, 1.807) is 12.1 Å². The SMILES string of the molecule is OB(O)c1ccc2c(c1)c1ccccc1n2-c1cc2cccc3c(F)cc4cccc1c4c23. The molecule has 5 heteroatoms. The van der Waals surface area contributed by atoms with Gasteiger partial charge in [-0.25, -0.2) is 4.39 Å². The minimum absolute atomic E-state index is 0.208. The predicted octanol–water partition coefficient (Wildman–Crippen LogP) is 5.50. The van der Waals surface area contributed by atoms with Gasteiger partial charge in [0.05, 0.1) is 16.7 Å². The van der Waals surface area contributed by atoms with Crippen molar-refractivity contribution in [3.05, 3.63) is 96.8 Å². The predicted molar refractivity (Wildman–Crippen MR) is 134 cm³/mol. The van der Waals surface area contributed by atoms with Crippen molar-refractivity contribution in [2.45, 2.75) is 0 Å². The maximum atomic E-state index is 14.9. The van der Waals surface area contributed by atoms with Gasteiger partial charge in [-0.05, 0) is 45.9 Å². The quantitative estimate of drug-likeness (QED) is 0.282. The Morgan fingerprint density at radius 3 is 2.09 bits per heavy atom. The van der Waals surface area contributed by atoms with E-state index in [2.05, 4.69) is 28.8 Å². The van der Waals surface area contributed by atoms with Crippen molar-refractivity contribution in [2.24, 2.45) is 0 Å².